The lowest BCUT2D eigenvalue weighted by molar-refractivity contribution is 0.864. The molecule has 0 atom stereocenters. The topological polar surface area (TPSA) is 49.2 Å². The molecule has 6 heteroatoms. The van der Waals surface area contributed by atoms with E-state index in [1.54, 1.807) is 10.9 Å². The van der Waals surface area contributed by atoms with Gasteiger partial charge in [-0.1, -0.05) is 54.6 Å². The molecule has 0 bridgehead atoms. The highest BCUT2D eigenvalue weighted by Crippen LogP contribution is 2.22. The van der Waals surface area contributed by atoms with Crippen LogP contribution in [0.2, 0.25) is 0 Å². The van der Waals surface area contributed by atoms with Gasteiger partial charge in [0.1, 0.15) is 0 Å². The molecule has 4 aromatic rings. The number of nitrogens with one attached hydrogen (secondary N) is 1. The first-order valence-electron chi connectivity index (χ1n) is 10.4. The number of benzene rings is 3. The van der Waals surface area contributed by atoms with Crippen LogP contribution >= 0.6 is 12.2 Å². The maximum Gasteiger partial charge on any atom is 0.216 e. The molecule has 0 radical (unpaired) electrons. The lowest BCUT2D eigenvalue weighted by Crippen LogP contribution is -2.21. The third-order valence-electron chi connectivity index (χ3n) is 5.24. The minimum Gasteiger partial charge on any atom is -0.372 e. The van der Waals surface area contributed by atoms with Gasteiger partial charge in [-0.15, -0.1) is 0 Å². The molecule has 0 saturated heterocycles. The Morgan fingerprint density at radius 2 is 1.48 bits per heavy atom. The van der Waals surface area contributed by atoms with Crippen molar-refractivity contribution in [1.82, 2.24) is 14.9 Å². The zero-order valence-electron chi connectivity index (χ0n) is 17.7. The molecule has 0 spiro atoms. The van der Waals surface area contributed by atoms with Gasteiger partial charge in [0.15, 0.2) is 5.82 Å². The Morgan fingerprint density at radius 1 is 0.871 bits per heavy atom. The van der Waals surface area contributed by atoms with Crippen molar-refractivity contribution in [2.45, 2.75) is 13.8 Å². The normalized spacial score (nSPS) is 11.2. The van der Waals surface area contributed by atoms with E-state index in [1.165, 1.54) is 16.8 Å². The second kappa shape index (κ2) is 9.53. The second-order valence-electron chi connectivity index (χ2n) is 7.12. The fourth-order valence-corrected chi connectivity index (χ4v) is 3.69. The predicted molar refractivity (Wildman–Crippen MR) is 131 cm³/mol. The molecule has 31 heavy (non-hydrogen) atoms. The zero-order chi connectivity index (χ0) is 21.6. The van der Waals surface area contributed by atoms with Crippen molar-refractivity contribution in [3.63, 3.8) is 0 Å². The summed E-state index contributed by atoms with van der Waals surface area (Å²) in [5.41, 5.74) is 5.51. The fourth-order valence-electron chi connectivity index (χ4n) is 3.51. The van der Waals surface area contributed by atoms with Crippen LogP contribution in [0.1, 0.15) is 19.4 Å². The third kappa shape index (κ3) is 4.64. The van der Waals surface area contributed by atoms with Gasteiger partial charge in [0.05, 0.1) is 6.21 Å². The molecule has 4 rings (SSSR count). The summed E-state index contributed by atoms with van der Waals surface area (Å²) in [4.78, 5) is 2.30. The summed E-state index contributed by atoms with van der Waals surface area (Å²) in [5, 5.41) is 11.8. The summed E-state index contributed by atoms with van der Waals surface area (Å²) in [6, 6.07) is 26.9. The molecule has 0 aliphatic carbocycles. The van der Waals surface area contributed by atoms with Crippen molar-refractivity contribution in [2.75, 3.05) is 18.0 Å². The van der Waals surface area contributed by atoms with E-state index in [0.29, 0.717) is 10.6 Å². The Kier molecular flexibility index (Phi) is 6.38. The molecule has 1 heterocycles. The van der Waals surface area contributed by atoms with Gasteiger partial charge in [-0.05, 0) is 67.0 Å². The first kappa shape index (κ1) is 20.8. The maximum absolute atomic E-state index is 5.40. The van der Waals surface area contributed by atoms with E-state index in [-0.39, 0.29) is 0 Å². The minimum absolute atomic E-state index is 0.458. The number of hydrogen-bond donors (Lipinski definition) is 1. The highest BCUT2D eigenvalue weighted by atomic mass is 32.1. The standard InChI is InChI=1S/C25H25N5S/c1-3-29(4-2)23-16-14-22(15-17-23)24-27-28-25(31)30(24)26-18-19-10-12-21(13-11-19)20-8-6-5-7-9-20/h5-18H,3-4H2,1-2H3,(H,28,31). The van der Waals surface area contributed by atoms with Crippen molar-refractivity contribution in [3.8, 4) is 22.5 Å². The first-order valence-corrected chi connectivity index (χ1v) is 10.8. The highest BCUT2D eigenvalue weighted by Gasteiger charge is 2.09. The number of hydrogen-bond acceptors (Lipinski definition) is 4. The molecule has 0 aliphatic rings. The molecule has 5 nitrogen and oxygen atoms in total. The molecule has 0 saturated carbocycles. The van der Waals surface area contributed by atoms with Gasteiger partial charge < -0.3 is 4.90 Å². The summed E-state index contributed by atoms with van der Waals surface area (Å²) in [6.45, 7) is 6.26. The van der Waals surface area contributed by atoms with Gasteiger partial charge in [0.25, 0.3) is 0 Å². The van der Waals surface area contributed by atoms with Crippen LogP contribution in [0.3, 0.4) is 0 Å². The van der Waals surface area contributed by atoms with Gasteiger partial charge in [0.2, 0.25) is 4.77 Å². The summed E-state index contributed by atoms with van der Waals surface area (Å²) in [5.74, 6) is 0.688. The highest BCUT2D eigenvalue weighted by molar-refractivity contribution is 7.71. The van der Waals surface area contributed by atoms with Crippen LogP contribution in [0, 0.1) is 4.77 Å². The molecule has 0 unspecified atom stereocenters. The number of anilines is 1. The van der Waals surface area contributed by atoms with Crippen molar-refractivity contribution in [3.05, 3.63) is 89.2 Å². The summed E-state index contributed by atoms with van der Waals surface area (Å²) < 4.78 is 2.12. The van der Waals surface area contributed by atoms with Crippen molar-refractivity contribution < 1.29 is 0 Å². The first-order chi connectivity index (χ1) is 15.2. The minimum atomic E-state index is 0.458. The van der Waals surface area contributed by atoms with Gasteiger partial charge >= 0.3 is 0 Å². The predicted octanol–water partition coefficient (Wildman–Crippen LogP) is 6.00. The molecule has 0 aliphatic heterocycles. The molecule has 156 valence electrons. The lowest BCUT2D eigenvalue weighted by Gasteiger charge is -2.20. The van der Waals surface area contributed by atoms with Crippen LogP contribution in [-0.2, 0) is 0 Å². The maximum atomic E-state index is 5.40. The third-order valence-corrected chi connectivity index (χ3v) is 5.51. The van der Waals surface area contributed by atoms with Crippen LogP contribution in [0.5, 0.6) is 0 Å². The molecule has 0 fully saturated rings. The lowest BCUT2D eigenvalue weighted by atomic mass is 10.0. The number of aromatic amines is 1. The van der Waals surface area contributed by atoms with E-state index in [9.17, 15) is 0 Å². The summed E-state index contributed by atoms with van der Waals surface area (Å²) in [6.07, 6.45) is 1.80. The fraction of sp³-hybridized carbons (Fsp3) is 0.160. The Balaban J connectivity index is 1.57. The molecular formula is C25H25N5S. The Morgan fingerprint density at radius 3 is 2.13 bits per heavy atom. The number of H-pyrrole nitrogens is 1. The van der Waals surface area contributed by atoms with Crippen LogP contribution in [0.4, 0.5) is 5.69 Å². The summed E-state index contributed by atoms with van der Waals surface area (Å²) in [7, 11) is 0. The van der Waals surface area contributed by atoms with Crippen LogP contribution in [0.15, 0.2) is 84.0 Å². The zero-order valence-corrected chi connectivity index (χ0v) is 18.5. The summed E-state index contributed by atoms with van der Waals surface area (Å²) >= 11 is 5.40. The van der Waals surface area contributed by atoms with Gasteiger partial charge in [0, 0.05) is 24.3 Å². The van der Waals surface area contributed by atoms with Gasteiger partial charge in [-0.3, -0.25) is 0 Å². The van der Waals surface area contributed by atoms with E-state index in [4.69, 9.17) is 12.2 Å². The van der Waals surface area contributed by atoms with Crippen LogP contribution < -0.4 is 4.90 Å². The number of nitrogens with zero attached hydrogens (tertiary/aromatic N) is 4. The Hall–Kier alpha value is -3.51. The van der Waals surface area contributed by atoms with Crippen molar-refractivity contribution in [1.29, 1.82) is 0 Å². The van der Waals surface area contributed by atoms with Gasteiger partial charge in [-0.2, -0.15) is 14.9 Å². The smallest absolute Gasteiger partial charge is 0.216 e. The van der Waals surface area contributed by atoms with Crippen LogP contribution in [-0.4, -0.2) is 34.2 Å². The average Bonchev–Trinajstić information content (AvgIpc) is 3.20. The Bertz CT molecular complexity index is 1200. The molecule has 1 N–H and O–H groups in total. The quantitative estimate of drug-likeness (QED) is 0.290. The largest absolute Gasteiger partial charge is 0.372 e. The van der Waals surface area contributed by atoms with E-state index in [2.05, 4.69) is 82.6 Å². The SMILES string of the molecule is CCN(CC)c1ccc(-c2n[nH]c(=S)n2N=Cc2ccc(-c3ccccc3)cc2)cc1. The monoisotopic (exact) mass is 427 g/mol. The molecule has 1 aromatic heterocycles. The van der Waals surface area contributed by atoms with Crippen molar-refractivity contribution in [2.24, 2.45) is 5.10 Å². The van der Waals surface area contributed by atoms with E-state index >= 15 is 0 Å². The Labute approximate surface area is 187 Å². The average molecular weight is 428 g/mol. The molecule has 0 amide bonds. The van der Waals surface area contributed by atoms with Crippen molar-refractivity contribution >= 4 is 24.1 Å². The number of rotatable bonds is 7. The van der Waals surface area contributed by atoms with E-state index in [1.807, 2.05) is 30.3 Å². The van der Waals surface area contributed by atoms with E-state index < -0.39 is 0 Å². The van der Waals surface area contributed by atoms with Crippen LogP contribution in [0.25, 0.3) is 22.5 Å². The van der Waals surface area contributed by atoms with Gasteiger partial charge in [-0.25, -0.2) is 5.10 Å². The molecule has 3 aromatic carbocycles. The number of aromatic nitrogens is 3. The second-order valence-corrected chi connectivity index (χ2v) is 7.50. The molecular weight excluding hydrogens is 402 g/mol. The van der Waals surface area contributed by atoms with E-state index in [0.717, 1.165) is 24.2 Å².